The first kappa shape index (κ1) is 21.8. The Morgan fingerprint density at radius 2 is 2.06 bits per heavy atom. The Kier molecular flexibility index (Phi) is 7.19. The standard InChI is InChI=1S/C23H24FN3O2S2/c24-18-8-6-17(7-9-18)14-27-22(29)21-19(11-13-30-21)26-23(27)31-15-20(28)25-12-10-16-4-2-1-3-5-16/h4,6-9,11,13H,1-3,5,10,12,14-15H2,(H,25,28). The third-order valence-electron chi connectivity index (χ3n) is 5.27. The fourth-order valence-corrected chi connectivity index (χ4v) is 5.23. The highest BCUT2D eigenvalue weighted by atomic mass is 32.2. The SMILES string of the molecule is O=C(CSc1nc2ccsc2c(=O)n1Cc1ccc(F)cc1)NCCC1=CCCCC1. The minimum absolute atomic E-state index is 0.0746. The predicted molar refractivity (Wildman–Crippen MR) is 124 cm³/mol. The summed E-state index contributed by atoms with van der Waals surface area (Å²) in [7, 11) is 0. The highest BCUT2D eigenvalue weighted by Crippen LogP contribution is 2.22. The first-order valence-electron chi connectivity index (χ1n) is 10.4. The predicted octanol–water partition coefficient (Wildman–Crippen LogP) is 4.74. The number of aromatic nitrogens is 2. The van der Waals surface area contributed by atoms with Crippen molar-refractivity contribution in [3.05, 3.63) is 69.1 Å². The number of nitrogens with zero attached hydrogens (tertiary/aromatic N) is 2. The zero-order valence-corrected chi connectivity index (χ0v) is 18.7. The number of carbonyl (C=O) groups excluding carboxylic acids is 1. The van der Waals surface area contributed by atoms with Crippen LogP contribution in [-0.4, -0.2) is 27.8 Å². The molecule has 1 amide bonds. The zero-order chi connectivity index (χ0) is 21.6. The lowest BCUT2D eigenvalue weighted by Crippen LogP contribution is -2.28. The number of hydrogen-bond acceptors (Lipinski definition) is 5. The zero-order valence-electron chi connectivity index (χ0n) is 17.1. The van der Waals surface area contributed by atoms with Crippen molar-refractivity contribution in [1.29, 1.82) is 0 Å². The van der Waals surface area contributed by atoms with Crippen molar-refractivity contribution in [1.82, 2.24) is 14.9 Å². The van der Waals surface area contributed by atoms with E-state index in [2.05, 4.69) is 16.4 Å². The van der Waals surface area contributed by atoms with Gasteiger partial charge in [0, 0.05) is 6.54 Å². The topological polar surface area (TPSA) is 64.0 Å². The van der Waals surface area contributed by atoms with E-state index in [4.69, 9.17) is 0 Å². The fraction of sp³-hybridized carbons (Fsp3) is 0.348. The highest BCUT2D eigenvalue weighted by Gasteiger charge is 2.15. The van der Waals surface area contributed by atoms with E-state index in [1.165, 1.54) is 53.6 Å². The molecule has 0 spiro atoms. The van der Waals surface area contributed by atoms with Crippen LogP contribution in [0.5, 0.6) is 0 Å². The minimum Gasteiger partial charge on any atom is -0.355 e. The molecule has 0 atom stereocenters. The fourth-order valence-electron chi connectivity index (χ4n) is 3.62. The summed E-state index contributed by atoms with van der Waals surface area (Å²) in [6, 6.07) is 7.87. The molecule has 0 bridgehead atoms. The third-order valence-corrected chi connectivity index (χ3v) is 7.14. The number of thioether (sulfide) groups is 1. The van der Waals surface area contributed by atoms with Crippen molar-refractivity contribution in [3.63, 3.8) is 0 Å². The summed E-state index contributed by atoms with van der Waals surface area (Å²) in [5.41, 5.74) is 2.72. The van der Waals surface area contributed by atoms with Gasteiger partial charge in [0.1, 0.15) is 10.5 Å². The molecule has 1 aliphatic rings. The van der Waals surface area contributed by atoms with Crippen LogP contribution in [0.15, 0.2) is 57.3 Å². The second-order valence-electron chi connectivity index (χ2n) is 7.54. The van der Waals surface area contributed by atoms with Crippen LogP contribution in [0.2, 0.25) is 0 Å². The Hall–Kier alpha value is -2.45. The maximum atomic E-state index is 13.2. The van der Waals surface area contributed by atoms with E-state index < -0.39 is 0 Å². The maximum Gasteiger partial charge on any atom is 0.272 e. The lowest BCUT2D eigenvalue weighted by molar-refractivity contribution is -0.118. The Bertz CT molecular complexity index is 1150. The number of nitrogens with one attached hydrogen (secondary N) is 1. The summed E-state index contributed by atoms with van der Waals surface area (Å²) < 4.78 is 15.4. The number of thiophene rings is 1. The van der Waals surface area contributed by atoms with Gasteiger partial charge in [-0.25, -0.2) is 9.37 Å². The first-order chi connectivity index (χ1) is 15.1. The monoisotopic (exact) mass is 457 g/mol. The molecule has 8 heteroatoms. The van der Waals surface area contributed by atoms with E-state index in [0.29, 0.717) is 21.9 Å². The number of hydrogen-bond donors (Lipinski definition) is 1. The molecule has 31 heavy (non-hydrogen) atoms. The lowest BCUT2D eigenvalue weighted by atomic mass is 9.97. The Balaban J connectivity index is 1.44. The van der Waals surface area contributed by atoms with Gasteiger partial charge in [-0.3, -0.25) is 14.2 Å². The number of halogens is 1. The lowest BCUT2D eigenvalue weighted by Gasteiger charge is -2.14. The van der Waals surface area contributed by atoms with Gasteiger partial charge in [0.2, 0.25) is 5.91 Å². The van der Waals surface area contributed by atoms with Crippen molar-refractivity contribution in [2.75, 3.05) is 12.3 Å². The normalized spacial score (nSPS) is 13.9. The number of benzene rings is 1. The molecule has 0 unspecified atom stereocenters. The van der Waals surface area contributed by atoms with Crippen LogP contribution in [0.1, 0.15) is 37.7 Å². The summed E-state index contributed by atoms with van der Waals surface area (Å²) in [4.78, 5) is 30.0. The van der Waals surface area contributed by atoms with Crippen molar-refractivity contribution in [3.8, 4) is 0 Å². The molecular formula is C23H24FN3O2S2. The molecule has 0 aliphatic heterocycles. The van der Waals surface area contributed by atoms with Gasteiger partial charge in [0.05, 0.1) is 17.8 Å². The van der Waals surface area contributed by atoms with Gasteiger partial charge in [-0.05, 0) is 61.2 Å². The molecule has 1 aliphatic carbocycles. The second-order valence-corrected chi connectivity index (χ2v) is 9.40. The van der Waals surface area contributed by atoms with Crippen LogP contribution < -0.4 is 10.9 Å². The molecule has 162 valence electrons. The third kappa shape index (κ3) is 5.62. The molecule has 4 rings (SSSR count). The smallest absolute Gasteiger partial charge is 0.272 e. The maximum absolute atomic E-state index is 13.2. The van der Waals surface area contributed by atoms with E-state index in [0.717, 1.165) is 24.8 Å². The van der Waals surface area contributed by atoms with Crippen molar-refractivity contribution in [2.45, 2.75) is 43.8 Å². The van der Waals surface area contributed by atoms with Crippen molar-refractivity contribution >= 4 is 39.2 Å². The molecule has 2 aromatic heterocycles. The van der Waals surface area contributed by atoms with Crippen LogP contribution in [-0.2, 0) is 11.3 Å². The first-order valence-corrected chi connectivity index (χ1v) is 12.3. The van der Waals surface area contributed by atoms with Crippen molar-refractivity contribution < 1.29 is 9.18 Å². The molecular weight excluding hydrogens is 433 g/mol. The van der Waals surface area contributed by atoms with Crippen LogP contribution in [0.4, 0.5) is 4.39 Å². The second kappa shape index (κ2) is 10.2. The van der Waals surface area contributed by atoms with Crippen molar-refractivity contribution in [2.24, 2.45) is 0 Å². The van der Waals surface area contributed by atoms with E-state index in [-0.39, 0.29) is 29.6 Å². The van der Waals surface area contributed by atoms with E-state index in [1.54, 1.807) is 16.7 Å². The summed E-state index contributed by atoms with van der Waals surface area (Å²) in [6.45, 7) is 0.905. The van der Waals surface area contributed by atoms with Crippen LogP contribution in [0.3, 0.4) is 0 Å². The number of allylic oxidation sites excluding steroid dienone is 1. The van der Waals surface area contributed by atoms with Gasteiger partial charge in [-0.15, -0.1) is 11.3 Å². The molecule has 0 radical (unpaired) electrons. The van der Waals surface area contributed by atoms with Gasteiger partial charge in [-0.2, -0.15) is 0 Å². The van der Waals surface area contributed by atoms with Gasteiger partial charge in [0.15, 0.2) is 5.16 Å². The van der Waals surface area contributed by atoms with Gasteiger partial charge in [-0.1, -0.05) is 35.5 Å². The molecule has 0 fully saturated rings. The molecule has 1 N–H and O–H groups in total. The average Bonchev–Trinajstić information content (AvgIpc) is 3.25. The van der Waals surface area contributed by atoms with Crippen LogP contribution in [0.25, 0.3) is 10.2 Å². The Morgan fingerprint density at radius 1 is 1.23 bits per heavy atom. The molecule has 0 saturated carbocycles. The number of amides is 1. The summed E-state index contributed by atoms with van der Waals surface area (Å²) in [5.74, 6) is -0.211. The van der Waals surface area contributed by atoms with Gasteiger partial charge in [0.25, 0.3) is 5.56 Å². The molecule has 1 aromatic carbocycles. The van der Waals surface area contributed by atoms with Crippen LogP contribution >= 0.6 is 23.1 Å². The number of fused-ring (bicyclic) bond motifs is 1. The van der Waals surface area contributed by atoms with Crippen LogP contribution in [0, 0.1) is 5.82 Å². The average molecular weight is 458 g/mol. The molecule has 0 saturated heterocycles. The largest absolute Gasteiger partial charge is 0.355 e. The molecule has 5 nitrogen and oxygen atoms in total. The molecule has 2 heterocycles. The van der Waals surface area contributed by atoms with E-state index >= 15 is 0 Å². The Labute approximate surface area is 188 Å². The van der Waals surface area contributed by atoms with Gasteiger partial charge >= 0.3 is 0 Å². The van der Waals surface area contributed by atoms with E-state index in [9.17, 15) is 14.0 Å². The van der Waals surface area contributed by atoms with E-state index in [1.807, 2.05) is 11.4 Å². The highest BCUT2D eigenvalue weighted by molar-refractivity contribution is 7.99. The number of rotatable bonds is 8. The Morgan fingerprint density at radius 3 is 2.84 bits per heavy atom. The summed E-state index contributed by atoms with van der Waals surface area (Å²) in [6.07, 6.45) is 7.95. The quantitative estimate of drug-likeness (QED) is 0.301. The summed E-state index contributed by atoms with van der Waals surface area (Å²) in [5, 5.41) is 5.29. The minimum atomic E-state index is -0.321. The number of carbonyl (C=O) groups is 1. The summed E-state index contributed by atoms with van der Waals surface area (Å²) >= 11 is 2.60. The molecule has 3 aromatic rings. The van der Waals surface area contributed by atoms with Gasteiger partial charge < -0.3 is 5.32 Å².